The lowest BCUT2D eigenvalue weighted by Gasteiger charge is -2.19. The monoisotopic (exact) mass is 276 g/mol. The molecule has 3 nitrogen and oxygen atoms in total. The first-order valence-corrected chi connectivity index (χ1v) is 6.47. The number of hydrogen-bond acceptors (Lipinski definition) is 3. The summed E-state index contributed by atoms with van der Waals surface area (Å²) in [6.07, 6.45) is 1.81. The smallest absolute Gasteiger partial charge is 0.137 e. The van der Waals surface area contributed by atoms with Crippen molar-refractivity contribution >= 4 is 11.6 Å². The van der Waals surface area contributed by atoms with E-state index in [1.54, 1.807) is 13.3 Å². The highest BCUT2D eigenvalue weighted by Gasteiger charge is 2.16. The summed E-state index contributed by atoms with van der Waals surface area (Å²) >= 11 is 6.06. The van der Waals surface area contributed by atoms with Gasteiger partial charge in [-0.15, -0.1) is 0 Å². The summed E-state index contributed by atoms with van der Waals surface area (Å²) < 4.78 is 5.27. The van der Waals surface area contributed by atoms with Crippen LogP contribution in [0, 0.1) is 6.92 Å². The van der Waals surface area contributed by atoms with Crippen LogP contribution in [0.4, 0.5) is 0 Å². The molecule has 0 aliphatic heterocycles. The molecule has 0 saturated heterocycles. The van der Waals surface area contributed by atoms with Crippen LogP contribution in [-0.2, 0) is 0 Å². The van der Waals surface area contributed by atoms with Gasteiger partial charge in [-0.25, -0.2) is 0 Å². The topological polar surface area (TPSA) is 34.1 Å². The van der Waals surface area contributed by atoms with E-state index in [2.05, 4.69) is 23.3 Å². The summed E-state index contributed by atoms with van der Waals surface area (Å²) in [5.41, 5.74) is 3.23. The van der Waals surface area contributed by atoms with Gasteiger partial charge in [0.15, 0.2) is 0 Å². The molecule has 0 saturated carbocycles. The van der Waals surface area contributed by atoms with Gasteiger partial charge in [-0.05, 0) is 43.3 Å². The summed E-state index contributed by atoms with van der Waals surface area (Å²) in [5, 5.41) is 3.90. The quantitative estimate of drug-likeness (QED) is 0.930. The Morgan fingerprint density at radius 3 is 2.74 bits per heavy atom. The highest BCUT2D eigenvalue weighted by molar-refractivity contribution is 6.32. The van der Waals surface area contributed by atoms with Crippen molar-refractivity contribution in [2.24, 2.45) is 0 Å². The van der Waals surface area contributed by atoms with Gasteiger partial charge in [0.1, 0.15) is 5.75 Å². The fourth-order valence-electron chi connectivity index (χ4n) is 2.12. The minimum absolute atomic E-state index is 0.0207. The average molecular weight is 277 g/mol. The molecule has 1 aromatic heterocycles. The van der Waals surface area contributed by atoms with E-state index in [-0.39, 0.29) is 6.04 Å². The largest absolute Gasteiger partial charge is 0.495 e. The van der Waals surface area contributed by atoms with Gasteiger partial charge in [0, 0.05) is 6.20 Å². The van der Waals surface area contributed by atoms with Crippen LogP contribution in [-0.4, -0.2) is 19.1 Å². The molecule has 0 spiro atoms. The number of aryl methyl sites for hydroxylation is 1. The molecule has 1 atom stereocenters. The van der Waals surface area contributed by atoms with Crippen molar-refractivity contribution in [3.63, 3.8) is 0 Å². The Morgan fingerprint density at radius 1 is 1.32 bits per heavy atom. The number of ether oxygens (including phenoxy) is 1. The van der Waals surface area contributed by atoms with Crippen LogP contribution in [0.5, 0.6) is 5.75 Å². The van der Waals surface area contributed by atoms with Gasteiger partial charge in [-0.2, -0.15) is 0 Å². The van der Waals surface area contributed by atoms with E-state index >= 15 is 0 Å². The number of aromatic nitrogens is 1. The third kappa shape index (κ3) is 2.88. The molecule has 0 bridgehead atoms. The zero-order valence-electron chi connectivity index (χ0n) is 11.3. The highest BCUT2D eigenvalue weighted by Crippen LogP contribution is 2.30. The van der Waals surface area contributed by atoms with E-state index in [9.17, 15) is 0 Å². The average Bonchev–Trinajstić information content (AvgIpc) is 2.43. The number of nitrogens with one attached hydrogen (secondary N) is 1. The molecule has 4 heteroatoms. The van der Waals surface area contributed by atoms with Crippen LogP contribution >= 0.6 is 11.6 Å². The molecule has 0 radical (unpaired) electrons. The number of pyridine rings is 1. The van der Waals surface area contributed by atoms with E-state index in [0.717, 1.165) is 16.8 Å². The van der Waals surface area contributed by atoms with Gasteiger partial charge >= 0.3 is 0 Å². The van der Waals surface area contributed by atoms with E-state index in [4.69, 9.17) is 16.3 Å². The molecular weight excluding hydrogens is 260 g/mol. The molecule has 2 aromatic rings. The van der Waals surface area contributed by atoms with Crippen LogP contribution in [0.15, 0.2) is 36.5 Å². The summed E-state index contributed by atoms with van der Waals surface area (Å²) in [6, 6.07) is 9.79. The van der Waals surface area contributed by atoms with Crippen molar-refractivity contribution in [1.82, 2.24) is 10.3 Å². The summed E-state index contributed by atoms with van der Waals surface area (Å²) in [5.74, 6) is 0.674. The van der Waals surface area contributed by atoms with E-state index in [0.29, 0.717) is 10.8 Å². The predicted molar refractivity (Wildman–Crippen MR) is 77.9 cm³/mol. The number of benzene rings is 1. The SMILES string of the molecule is CNC(c1ccc(Cl)c(OC)c1)c1ncccc1C. The lowest BCUT2D eigenvalue weighted by molar-refractivity contribution is 0.414. The van der Waals surface area contributed by atoms with Crippen molar-refractivity contribution in [2.75, 3.05) is 14.2 Å². The maximum absolute atomic E-state index is 6.06. The first kappa shape index (κ1) is 13.8. The zero-order chi connectivity index (χ0) is 13.8. The number of halogens is 1. The Balaban J connectivity index is 2.45. The molecule has 1 N–H and O–H groups in total. The predicted octanol–water partition coefficient (Wildman–Crippen LogP) is 3.36. The Labute approximate surface area is 118 Å². The number of nitrogens with zero attached hydrogens (tertiary/aromatic N) is 1. The van der Waals surface area contributed by atoms with Gasteiger partial charge in [-0.1, -0.05) is 23.7 Å². The molecule has 1 unspecified atom stereocenters. The Hall–Kier alpha value is -1.58. The Bertz CT molecular complexity index is 572. The van der Waals surface area contributed by atoms with Crippen LogP contribution in [0.25, 0.3) is 0 Å². The van der Waals surface area contributed by atoms with Gasteiger partial charge in [-0.3, -0.25) is 4.98 Å². The lowest BCUT2D eigenvalue weighted by Crippen LogP contribution is -2.20. The third-order valence-electron chi connectivity index (χ3n) is 3.12. The van der Waals surface area contributed by atoms with Crippen LogP contribution in [0.3, 0.4) is 0 Å². The fraction of sp³-hybridized carbons (Fsp3) is 0.267. The third-order valence-corrected chi connectivity index (χ3v) is 3.43. The van der Waals surface area contributed by atoms with Crippen LogP contribution in [0.1, 0.15) is 22.9 Å². The van der Waals surface area contributed by atoms with E-state index < -0.39 is 0 Å². The number of hydrogen-bond donors (Lipinski definition) is 1. The second kappa shape index (κ2) is 6.04. The maximum Gasteiger partial charge on any atom is 0.137 e. The standard InChI is InChI=1S/C15H17ClN2O/c1-10-5-4-8-18-14(10)15(17-2)11-6-7-12(16)13(9-11)19-3/h4-9,15,17H,1-3H3. The second-order valence-electron chi connectivity index (χ2n) is 4.32. The Morgan fingerprint density at radius 2 is 2.11 bits per heavy atom. The minimum Gasteiger partial charge on any atom is -0.495 e. The normalized spacial score (nSPS) is 12.2. The van der Waals surface area contributed by atoms with Crippen molar-refractivity contribution in [1.29, 1.82) is 0 Å². The van der Waals surface area contributed by atoms with Gasteiger partial charge in [0.05, 0.1) is 23.9 Å². The molecule has 0 fully saturated rings. The molecule has 2 rings (SSSR count). The van der Waals surface area contributed by atoms with E-state index in [1.165, 1.54) is 0 Å². The molecule has 0 aliphatic rings. The molecule has 19 heavy (non-hydrogen) atoms. The fourth-order valence-corrected chi connectivity index (χ4v) is 2.31. The van der Waals surface area contributed by atoms with Crippen LogP contribution in [0.2, 0.25) is 5.02 Å². The van der Waals surface area contributed by atoms with Gasteiger partial charge < -0.3 is 10.1 Å². The van der Waals surface area contributed by atoms with Gasteiger partial charge in [0.25, 0.3) is 0 Å². The minimum atomic E-state index is 0.0207. The molecule has 0 aliphatic carbocycles. The van der Waals surface area contributed by atoms with Crippen LogP contribution < -0.4 is 10.1 Å². The zero-order valence-corrected chi connectivity index (χ0v) is 12.0. The molecule has 100 valence electrons. The van der Waals surface area contributed by atoms with Crippen molar-refractivity contribution in [2.45, 2.75) is 13.0 Å². The highest BCUT2D eigenvalue weighted by atomic mass is 35.5. The number of rotatable bonds is 4. The summed E-state index contributed by atoms with van der Waals surface area (Å²) in [4.78, 5) is 4.47. The summed E-state index contributed by atoms with van der Waals surface area (Å²) in [6.45, 7) is 2.06. The molecule has 0 amide bonds. The lowest BCUT2D eigenvalue weighted by atomic mass is 10.00. The summed E-state index contributed by atoms with van der Waals surface area (Å²) in [7, 11) is 3.53. The second-order valence-corrected chi connectivity index (χ2v) is 4.73. The molecule has 1 heterocycles. The molecule has 1 aromatic carbocycles. The van der Waals surface area contributed by atoms with E-state index in [1.807, 2.05) is 31.3 Å². The Kier molecular flexibility index (Phi) is 4.40. The maximum atomic E-state index is 6.06. The van der Waals surface area contributed by atoms with Crippen molar-refractivity contribution in [3.8, 4) is 5.75 Å². The first-order chi connectivity index (χ1) is 9.17. The van der Waals surface area contributed by atoms with Gasteiger partial charge in [0.2, 0.25) is 0 Å². The first-order valence-electron chi connectivity index (χ1n) is 6.09. The van der Waals surface area contributed by atoms with Crippen molar-refractivity contribution in [3.05, 3.63) is 58.4 Å². The molecular formula is C15H17ClN2O. The number of methoxy groups -OCH3 is 1. The van der Waals surface area contributed by atoms with Crippen molar-refractivity contribution < 1.29 is 4.74 Å².